The van der Waals surface area contributed by atoms with Crippen LogP contribution in [0.25, 0.3) is 6.08 Å². The number of benzene rings is 2. The summed E-state index contributed by atoms with van der Waals surface area (Å²) in [6, 6.07) is 12.7. The summed E-state index contributed by atoms with van der Waals surface area (Å²) in [6.45, 7) is -0.304. The Labute approximate surface area is 146 Å². The van der Waals surface area contributed by atoms with Crippen molar-refractivity contribution in [1.29, 1.82) is 0 Å². The van der Waals surface area contributed by atoms with Crippen LogP contribution in [0.4, 0.5) is 4.39 Å². The van der Waals surface area contributed by atoms with Crippen LogP contribution in [0.5, 0.6) is 5.75 Å². The predicted molar refractivity (Wildman–Crippen MR) is 91.4 cm³/mol. The van der Waals surface area contributed by atoms with Gasteiger partial charge in [0.05, 0.1) is 0 Å². The van der Waals surface area contributed by atoms with Crippen LogP contribution < -0.4 is 15.6 Å². The van der Waals surface area contributed by atoms with Crippen LogP contribution in [-0.4, -0.2) is 18.4 Å². The van der Waals surface area contributed by atoms with E-state index in [1.165, 1.54) is 30.3 Å². The van der Waals surface area contributed by atoms with Gasteiger partial charge in [-0.3, -0.25) is 20.4 Å². The Kier molecular flexibility index (Phi) is 6.51. The monoisotopic (exact) mass is 392 g/mol. The summed E-state index contributed by atoms with van der Waals surface area (Å²) in [6.07, 6.45) is 2.91. The molecule has 2 aromatic carbocycles. The number of hydrazine groups is 1. The van der Waals surface area contributed by atoms with E-state index in [-0.39, 0.29) is 6.61 Å². The molecule has 0 heterocycles. The van der Waals surface area contributed by atoms with Crippen molar-refractivity contribution in [2.45, 2.75) is 0 Å². The van der Waals surface area contributed by atoms with Gasteiger partial charge in [0.25, 0.3) is 11.8 Å². The number of rotatable bonds is 5. The molecule has 0 saturated carbocycles. The van der Waals surface area contributed by atoms with Crippen molar-refractivity contribution < 1.29 is 18.7 Å². The average Bonchev–Trinajstić information content (AvgIpc) is 2.57. The highest BCUT2D eigenvalue weighted by molar-refractivity contribution is 9.10. The normalized spacial score (nSPS) is 10.4. The van der Waals surface area contributed by atoms with E-state index in [1.54, 1.807) is 6.08 Å². The number of carbonyl (C=O) groups excluding carboxylic acids is 2. The maximum absolute atomic E-state index is 12.7. The Morgan fingerprint density at radius 2 is 1.88 bits per heavy atom. The van der Waals surface area contributed by atoms with Crippen LogP contribution >= 0.6 is 15.9 Å². The number of amides is 2. The van der Waals surface area contributed by atoms with Crippen molar-refractivity contribution in [3.63, 3.8) is 0 Å². The topological polar surface area (TPSA) is 67.4 Å². The SMILES string of the molecule is O=C(/C=C/c1cccc(Br)c1)NNC(=O)COc1ccc(F)cc1. The van der Waals surface area contributed by atoms with E-state index in [2.05, 4.69) is 26.8 Å². The van der Waals surface area contributed by atoms with Crippen LogP contribution in [0.3, 0.4) is 0 Å². The Balaban J connectivity index is 1.72. The molecule has 0 fully saturated rings. The van der Waals surface area contributed by atoms with E-state index in [4.69, 9.17) is 4.74 Å². The van der Waals surface area contributed by atoms with Gasteiger partial charge in [0.2, 0.25) is 0 Å². The van der Waals surface area contributed by atoms with Gasteiger partial charge in [-0.05, 0) is 48.0 Å². The molecule has 0 radical (unpaired) electrons. The molecule has 0 aliphatic heterocycles. The van der Waals surface area contributed by atoms with Gasteiger partial charge in [0.1, 0.15) is 11.6 Å². The number of carbonyl (C=O) groups is 2. The van der Waals surface area contributed by atoms with Gasteiger partial charge in [-0.1, -0.05) is 28.1 Å². The Morgan fingerprint density at radius 1 is 1.12 bits per heavy atom. The minimum absolute atomic E-state index is 0.304. The third kappa shape index (κ3) is 6.21. The molecule has 124 valence electrons. The second-order valence-electron chi connectivity index (χ2n) is 4.67. The number of hydrogen-bond donors (Lipinski definition) is 2. The van der Waals surface area contributed by atoms with Gasteiger partial charge < -0.3 is 4.74 Å². The van der Waals surface area contributed by atoms with E-state index in [9.17, 15) is 14.0 Å². The van der Waals surface area contributed by atoms with Gasteiger partial charge in [-0.25, -0.2) is 4.39 Å². The van der Waals surface area contributed by atoms with E-state index < -0.39 is 17.6 Å². The number of nitrogens with one attached hydrogen (secondary N) is 2. The molecule has 2 aromatic rings. The molecule has 0 atom stereocenters. The Morgan fingerprint density at radius 3 is 2.58 bits per heavy atom. The molecule has 7 heteroatoms. The minimum Gasteiger partial charge on any atom is -0.484 e. The lowest BCUT2D eigenvalue weighted by Gasteiger charge is -2.07. The lowest BCUT2D eigenvalue weighted by Crippen LogP contribution is -2.43. The molecule has 0 unspecified atom stereocenters. The smallest absolute Gasteiger partial charge is 0.276 e. The first kappa shape index (κ1) is 17.7. The maximum atomic E-state index is 12.7. The molecular formula is C17H14BrFN2O3. The molecule has 2 N–H and O–H groups in total. The van der Waals surface area contributed by atoms with E-state index in [1.807, 2.05) is 24.3 Å². The first-order valence-corrected chi connectivity index (χ1v) is 7.73. The number of halogens is 2. The molecule has 2 amide bonds. The van der Waals surface area contributed by atoms with Crippen LogP contribution in [-0.2, 0) is 9.59 Å². The highest BCUT2D eigenvalue weighted by atomic mass is 79.9. The number of hydrogen-bond acceptors (Lipinski definition) is 3. The van der Waals surface area contributed by atoms with Crippen molar-refractivity contribution >= 4 is 33.8 Å². The quantitative estimate of drug-likeness (QED) is 0.607. The number of ether oxygens (including phenoxy) is 1. The Hall–Kier alpha value is -2.67. The standard InChI is InChI=1S/C17H14BrFN2O3/c18-13-3-1-2-12(10-13)4-9-16(22)20-21-17(23)11-24-15-7-5-14(19)6-8-15/h1-10H,11H2,(H,20,22)(H,21,23)/b9-4+. The molecule has 0 spiro atoms. The van der Waals surface area contributed by atoms with E-state index in [0.717, 1.165) is 10.0 Å². The minimum atomic E-state index is -0.538. The molecule has 0 aromatic heterocycles. The zero-order valence-electron chi connectivity index (χ0n) is 12.5. The molecule has 5 nitrogen and oxygen atoms in total. The van der Waals surface area contributed by atoms with E-state index >= 15 is 0 Å². The van der Waals surface area contributed by atoms with Crippen molar-refractivity contribution in [3.8, 4) is 5.75 Å². The van der Waals surface area contributed by atoms with Crippen molar-refractivity contribution in [2.75, 3.05) is 6.61 Å². The predicted octanol–water partition coefficient (Wildman–Crippen LogP) is 2.83. The summed E-state index contributed by atoms with van der Waals surface area (Å²) in [5, 5.41) is 0. The second-order valence-corrected chi connectivity index (χ2v) is 5.58. The van der Waals surface area contributed by atoms with Crippen LogP contribution in [0.1, 0.15) is 5.56 Å². The zero-order chi connectivity index (χ0) is 17.4. The molecule has 0 aliphatic carbocycles. The van der Waals surface area contributed by atoms with Gasteiger partial charge >= 0.3 is 0 Å². The summed E-state index contributed by atoms with van der Waals surface area (Å²) in [5.41, 5.74) is 5.29. The molecular weight excluding hydrogens is 379 g/mol. The molecule has 2 rings (SSSR count). The van der Waals surface area contributed by atoms with Crippen LogP contribution in [0, 0.1) is 5.82 Å². The van der Waals surface area contributed by atoms with Crippen molar-refractivity contribution in [3.05, 3.63) is 70.5 Å². The summed E-state index contributed by atoms with van der Waals surface area (Å²) in [5.74, 6) is -1.06. The van der Waals surface area contributed by atoms with E-state index in [0.29, 0.717) is 5.75 Å². The molecule has 24 heavy (non-hydrogen) atoms. The largest absolute Gasteiger partial charge is 0.484 e. The van der Waals surface area contributed by atoms with Gasteiger partial charge in [0.15, 0.2) is 6.61 Å². The first-order valence-electron chi connectivity index (χ1n) is 6.94. The maximum Gasteiger partial charge on any atom is 0.276 e. The molecule has 0 saturated heterocycles. The fourth-order valence-corrected chi connectivity index (χ4v) is 2.09. The summed E-state index contributed by atoms with van der Waals surface area (Å²) in [7, 11) is 0. The molecule has 0 aliphatic rings. The lowest BCUT2D eigenvalue weighted by molar-refractivity contribution is -0.128. The van der Waals surface area contributed by atoms with Crippen molar-refractivity contribution in [1.82, 2.24) is 10.9 Å². The lowest BCUT2D eigenvalue weighted by atomic mass is 10.2. The molecule has 0 bridgehead atoms. The van der Waals surface area contributed by atoms with Gasteiger partial charge in [0, 0.05) is 10.5 Å². The third-order valence-electron chi connectivity index (χ3n) is 2.78. The zero-order valence-corrected chi connectivity index (χ0v) is 14.0. The highest BCUT2D eigenvalue weighted by Gasteiger charge is 2.04. The fourth-order valence-electron chi connectivity index (χ4n) is 1.67. The third-order valence-corrected chi connectivity index (χ3v) is 3.28. The summed E-state index contributed by atoms with van der Waals surface area (Å²) < 4.78 is 18.8. The highest BCUT2D eigenvalue weighted by Crippen LogP contribution is 2.12. The van der Waals surface area contributed by atoms with Gasteiger partial charge in [-0.15, -0.1) is 0 Å². The summed E-state index contributed by atoms with van der Waals surface area (Å²) >= 11 is 3.33. The second kappa shape index (κ2) is 8.83. The summed E-state index contributed by atoms with van der Waals surface area (Å²) in [4.78, 5) is 23.2. The van der Waals surface area contributed by atoms with Crippen LogP contribution in [0.2, 0.25) is 0 Å². The van der Waals surface area contributed by atoms with Gasteiger partial charge in [-0.2, -0.15) is 0 Å². The fraction of sp³-hybridized carbons (Fsp3) is 0.0588. The first-order chi connectivity index (χ1) is 11.5. The van der Waals surface area contributed by atoms with Crippen LogP contribution in [0.15, 0.2) is 59.1 Å². The average molecular weight is 393 g/mol. The Bertz CT molecular complexity index is 748. The van der Waals surface area contributed by atoms with Crippen molar-refractivity contribution in [2.24, 2.45) is 0 Å².